The molecule has 0 aromatic heterocycles. The van der Waals surface area contributed by atoms with Crippen LogP contribution in [0.2, 0.25) is 5.02 Å². The number of hydrogen-bond donors (Lipinski definition) is 1. The average molecular weight is 421 g/mol. The molecule has 3 rings (SSSR count). The van der Waals surface area contributed by atoms with E-state index in [1.54, 1.807) is 44.6 Å². The van der Waals surface area contributed by atoms with E-state index in [2.05, 4.69) is 5.32 Å². The third kappa shape index (κ3) is 4.55. The quantitative estimate of drug-likeness (QED) is 0.543. The normalized spacial score (nSPS) is 15.4. The molecule has 1 amide bonds. The molecule has 8 heteroatoms. The van der Waals surface area contributed by atoms with Gasteiger partial charge in [0.25, 0.3) is 5.91 Å². The number of carbonyl (C=O) groups is 1. The zero-order chi connectivity index (χ0) is 19.4. The molecule has 2 aromatic rings. The SMILES string of the molecule is COc1ccc(OC)c(/C=C2/SC(=S)N(CNc3cccc(Cl)c3)C2=O)c1. The van der Waals surface area contributed by atoms with Crippen LogP contribution < -0.4 is 14.8 Å². The molecule has 1 aliphatic rings. The van der Waals surface area contributed by atoms with E-state index in [9.17, 15) is 4.79 Å². The highest BCUT2D eigenvalue weighted by molar-refractivity contribution is 8.26. The number of ether oxygens (including phenoxy) is 2. The molecule has 1 fully saturated rings. The first-order valence-corrected chi connectivity index (χ1v) is 9.59. The van der Waals surface area contributed by atoms with Gasteiger partial charge in [-0.15, -0.1) is 0 Å². The molecule has 1 heterocycles. The predicted molar refractivity (Wildman–Crippen MR) is 114 cm³/mol. The summed E-state index contributed by atoms with van der Waals surface area (Å²) in [6.07, 6.45) is 1.76. The highest BCUT2D eigenvalue weighted by Gasteiger charge is 2.32. The van der Waals surface area contributed by atoms with Crippen molar-refractivity contribution in [3.63, 3.8) is 0 Å². The van der Waals surface area contributed by atoms with Gasteiger partial charge in [0, 0.05) is 16.3 Å². The number of rotatable bonds is 6. The summed E-state index contributed by atoms with van der Waals surface area (Å²) < 4.78 is 11.1. The standard InChI is InChI=1S/C19H17ClN2O3S2/c1-24-15-6-7-16(25-2)12(8-15)9-17-18(23)22(19(26)27-17)11-21-14-5-3-4-13(20)10-14/h3-10,21H,11H2,1-2H3/b17-9+. The van der Waals surface area contributed by atoms with Crippen molar-refractivity contribution in [3.8, 4) is 11.5 Å². The van der Waals surface area contributed by atoms with Gasteiger partial charge in [-0.2, -0.15) is 0 Å². The number of carbonyl (C=O) groups excluding carboxylic acids is 1. The molecule has 0 saturated carbocycles. The van der Waals surface area contributed by atoms with Gasteiger partial charge in [0.2, 0.25) is 0 Å². The van der Waals surface area contributed by atoms with Gasteiger partial charge < -0.3 is 14.8 Å². The molecule has 1 aliphatic heterocycles. The smallest absolute Gasteiger partial charge is 0.267 e. The molecule has 1 saturated heterocycles. The minimum absolute atomic E-state index is 0.163. The van der Waals surface area contributed by atoms with Gasteiger partial charge in [0.15, 0.2) is 0 Å². The number of nitrogens with zero attached hydrogens (tertiary/aromatic N) is 1. The van der Waals surface area contributed by atoms with Gasteiger partial charge in [-0.05, 0) is 42.5 Å². The second kappa shape index (κ2) is 8.65. The van der Waals surface area contributed by atoms with E-state index in [0.717, 1.165) is 11.3 Å². The molecule has 0 unspecified atom stereocenters. The topological polar surface area (TPSA) is 50.8 Å². The van der Waals surface area contributed by atoms with E-state index < -0.39 is 0 Å². The largest absolute Gasteiger partial charge is 0.497 e. The van der Waals surface area contributed by atoms with Crippen LogP contribution in [0.4, 0.5) is 5.69 Å². The van der Waals surface area contributed by atoms with Gasteiger partial charge in [0.1, 0.15) is 15.8 Å². The molecule has 0 radical (unpaired) electrons. The average Bonchev–Trinajstić information content (AvgIpc) is 2.93. The third-order valence-electron chi connectivity index (χ3n) is 3.86. The number of thioether (sulfide) groups is 1. The van der Waals surface area contributed by atoms with E-state index in [4.69, 9.17) is 33.3 Å². The fourth-order valence-electron chi connectivity index (χ4n) is 2.50. The maximum Gasteiger partial charge on any atom is 0.267 e. The Labute approximate surface area is 172 Å². The number of hydrogen-bond acceptors (Lipinski definition) is 6. The molecular formula is C19H17ClN2O3S2. The first-order valence-electron chi connectivity index (χ1n) is 7.98. The van der Waals surface area contributed by atoms with Crippen LogP contribution in [0, 0.1) is 0 Å². The Morgan fingerprint density at radius 3 is 2.74 bits per heavy atom. The lowest BCUT2D eigenvalue weighted by molar-refractivity contribution is -0.121. The van der Waals surface area contributed by atoms with Crippen molar-refractivity contribution in [2.24, 2.45) is 0 Å². The fourth-order valence-corrected chi connectivity index (χ4v) is 3.93. The lowest BCUT2D eigenvalue weighted by atomic mass is 10.1. The summed E-state index contributed by atoms with van der Waals surface area (Å²) in [6.45, 7) is 0.262. The summed E-state index contributed by atoms with van der Waals surface area (Å²) in [5, 5.41) is 3.78. The first-order chi connectivity index (χ1) is 13.0. The molecule has 5 nitrogen and oxygen atoms in total. The molecule has 2 aromatic carbocycles. The zero-order valence-corrected chi connectivity index (χ0v) is 17.1. The van der Waals surface area contributed by atoms with Crippen LogP contribution in [0.3, 0.4) is 0 Å². The molecule has 0 aliphatic carbocycles. The molecule has 0 bridgehead atoms. The van der Waals surface area contributed by atoms with Crippen molar-refractivity contribution in [2.45, 2.75) is 0 Å². The Balaban J connectivity index is 1.78. The molecule has 27 heavy (non-hydrogen) atoms. The van der Waals surface area contributed by atoms with Crippen LogP contribution in [0.1, 0.15) is 5.56 Å². The monoisotopic (exact) mass is 420 g/mol. The van der Waals surface area contributed by atoms with Crippen LogP contribution >= 0.6 is 35.6 Å². The number of nitrogens with one attached hydrogen (secondary N) is 1. The van der Waals surface area contributed by atoms with Crippen molar-refractivity contribution >= 4 is 57.6 Å². The van der Waals surface area contributed by atoms with Crippen LogP contribution in [-0.4, -0.2) is 36.0 Å². The van der Waals surface area contributed by atoms with E-state index >= 15 is 0 Å². The van der Waals surface area contributed by atoms with Gasteiger partial charge in [-0.1, -0.05) is 41.6 Å². The molecule has 140 valence electrons. The van der Waals surface area contributed by atoms with Crippen LogP contribution in [0.5, 0.6) is 11.5 Å². The van der Waals surface area contributed by atoms with Gasteiger partial charge in [-0.25, -0.2) is 0 Å². The highest BCUT2D eigenvalue weighted by Crippen LogP contribution is 2.35. The summed E-state index contributed by atoms with van der Waals surface area (Å²) in [5.41, 5.74) is 1.56. The van der Waals surface area contributed by atoms with Gasteiger partial charge in [0.05, 0.1) is 25.8 Å². The van der Waals surface area contributed by atoms with Crippen molar-refractivity contribution in [1.82, 2.24) is 4.90 Å². The number of anilines is 1. The molecule has 0 atom stereocenters. The molecule has 0 spiro atoms. The van der Waals surface area contributed by atoms with Crippen LogP contribution in [0.15, 0.2) is 47.4 Å². The second-order valence-electron chi connectivity index (χ2n) is 5.56. The van der Waals surface area contributed by atoms with E-state index in [1.165, 1.54) is 16.7 Å². The highest BCUT2D eigenvalue weighted by atomic mass is 35.5. The van der Waals surface area contributed by atoms with E-state index in [0.29, 0.717) is 25.7 Å². The summed E-state index contributed by atoms with van der Waals surface area (Å²) in [6, 6.07) is 12.7. The first kappa shape index (κ1) is 19.5. The lowest BCUT2D eigenvalue weighted by Gasteiger charge is -2.16. The lowest BCUT2D eigenvalue weighted by Crippen LogP contribution is -2.33. The van der Waals surface area contributed by atoms with E-state index in [1.807, 2.05) is 18.2 Å². The number of benzene rings is 2. The molecule has 1 N–H and O–H groups in total. The summed E-state index contributed by atoms with van der Waals surface area (Å²) in [5.74, 6) is 1.17. The Bertz CT molecular complexity index is 918. The maximum atomic E-state index is 12.8. The van der Waals surface area contributed by atoms with Gasteiger partial charge >= 0.3 is 0 Å². The maximum absolute atomic E-state index is 12.8. The Kier molecular flexibility index (Phi) is 6.26. The fraction of sp³-hybridized carbons (Fsp3) is 0.158. The van der Waals surface area contributed by atoms with Crippen LogP contribution in [-0.2, 0) is 4.79 Å². The summed E-state index contributed by atoms with van der Waals surface area (Å²) in [4.78, 5) is 14.8. The third-order valence-corrected chi connectivity index (χ3v) is 5.48. The van der Waals surface area contributed by atoms with Crippen molar-refractivity contribution < 1.29 is 14.3 Å². The summed E-state index contributed by atoms with van der Waals surface area (Å²) in [7, 11) is 3.17. The van der Waals surface area contributed by atoms with E-state index in [-0.39, 0.29) is 12.6 Å². The zero-order valence-electron chi connectivity index (χ0n) is 14.7. The minimum Gasteiger partial charge on any atom is -0.497 e. The number of halogens is 1. The van der Waals surface area contributed by atoms with Crippen molar-refractivity contribution in [3.05, 3.63) is 58.0 Å². The predicted octanol–water partition coefficient (Wildman–Crippen LogP) is 4.63. The van der Waals surface area contributed by atoms with Crippen molar-refractivity contribution in [2.75, 3.05) is 26.2 Å². The Hall–Kier alpha value is -2.22. The minimum atomic E-state index is -0.163. The number of methoxy groups -OCH3 is 2. The molecular weight excluding hydrogens is 404 g/mol. The van der Waals surface area contributed by atoms with Crippen LogP contribution in [0.25, 0.3) is 6.08 Å². The van der Waals surface area contributed by atoms with Crippen molar-refractivity contribution in [1.29, 1.82) is 0 Å². The summed E-state index contributed by atoms with van der Waals surface area (Å²) >= 11 is 12.6. The Morgan fingerprint density at radius 1 is 1.22 bits per heavy atom. The number of amides is 1. The number of thiocarbonyl (C=S) groups is 1. The Morgan fingerprint density at radius 2 is 2.04 bits per heavy atom. The van der Waals surface area contributed by atoms with Gasteiger partial charge in [-0.3, -0.25) is 9.69 Å². The second-order valence-corrected chi connectivity index (χ2v) is 7.68.